The molecule has 2 heterocycles. The number of likely N-dealkylation sites (tertiary alicyclic amines) is 1. The Labute approximate surface area is 173 Å². The molecule has 5 heteroatoms. The van der Waals surface area contributed by atoms with Crippen molar-refractivity contribution in [2.75, 3.05) is 13.1 Å². The average molecular weight is 442 g/mol. The Hall–Kier alpha value is -2.11. The number of aryl methyl sites for hydroxylation is 1. The number of fused-ring (bicyclic) bond motifs is 1. The number of nitrogens with zero attached hydrogens (tertiary/aromatic N) is 1. The number of Topliss-reactive ketones (excluding diaryl/α,β-unsaturated/α-hetero) is 1. The van der Waals surface area contributed by atoms with Gasteiger partial charge in [0.05, 0.1) is 11.1 Å². The molecule has 2 aromatic carbocycles. The Morgan fingerprint density at radius 3 is 2.93 bits per heavy atom. The number of allylic oxidation sites excluding steroid dienone is 1. The zero-order valence-corrected chi connectivity index (χ0v) is 17.8. The van der Waals surface area contributed by atoms with E-state index in [9.17, 15) is 9.90 Å². The molecule has 2 aliphatic rings. The summed E-state index contributed by atoms with van der Waals surface area (Å²) in [5.41, 5.74) is 2.91. The van der Waals surface area contributed by atoms with Crippen LogP contribution in [0.4, 0.5) is 0 Å². The molecule has 1 N–H and O–H groups in total. The molecule has 2 aromatic rings. The summed E-state index contributed by atoms with van der Waals surface area (Å²) in [4.78, 5) is 15.4. The van der Waals surface area contributed by atoms with E-state index in [-0.39, 0.29) is 11.5 Å². The van der Waals surface area contributed by atoms with E-state index in [1.807, 2.05) is 31.2 Å². The standard InChI is InChI=1S/C23H24BrNO3/c1-14-5-4-8-25(12-14)13-18-19(26)9-15(2)21-22(27)20(28-23(18)21)11-16-6-3-7-17(24)10-16/h3,6-7,9-11,14,26H,4-5,8,12-13H2,1-2H3/b20-11+. The highest BCUT2D eigenvalue weighted by Gasteiger charge is 2.34. The van der Waals surface area contributed by atoms with Crippen molar-refractivity contribution in [3.05, 3.63) is 62.8 Å². The van der Waals surface area contributed by atoms with Gasteiger partial charge in [-0.3, -0.25) is 9.69 Å². The van der Waals surface area contributed by atoms with Crippen molar-refractivity contribution in [3.8, 4) is 11.5 Å². The summed E-state index contributed by atoms with van der Waals surface area (Å²) in [7, 11) is 0. The molecule has 4 rings (SSSR count). The predicted octanol–water partition coefficient (Wildman–Crippen LogP) is 5.31. The van der Waals surface area contributed by atoms with Gasteiger partial charge < -0.3 is 9.84 Å². The van der Waals surface area contributed by atoms with Crippen LogP contribution in [-0.4, -0.2) is 28.9 Å². The maximum atomic E-state index is 13.0. The molecular weight excluding hydrogens is 418 g/mol. The number of aromatic hydroxyl groups is 1. The Morgan fingerprint density at radius 1 is 1.36 bits per heavy atom. The van der Waals surface area contributed by atoms with E-state index in [0.717, 1.165) is 35.1 Å². The fourth-order valence-corrected chi connectivity index (χ4v) is 4.55. The fraction of sp³-hybridized carbons (Fsp3) is 0.348. The molecule has 1 atom stereocenters. The number of benzene rings is 2. The van der Waals surface area contributed by atoms with Crippen LogP contribution in [-0.2, 0) is 6.54 Å². The lowest BCUT2D eigenvalue weighted by atomic mass is 9.97. The van der Waals surface area contributed by atoms with E-state index in [4.69, 9.17) is 4.74 Å². The van der Waals surface area contributed by atoms with Crippen molar-refractivity contribution < 1.29 is 14.6 Å². The van der Waals surface area contributed by atoms with Crippen LogP contribution in [0.2, 0.25) is 0 Å². The third-order valence-electron chi connectivity index (χ3n) is 5.49. The Bertz CT molecular complexity index is 967. The monoisotopic (exact) mass is 441 g/mol. The van der Waals surface area contributed by atoms with Crippen molar-refractivity contribution in [1.82, 2.24) is 4.90 Å². The van der Waals surface area contributed by atoms with E-state index >= 15 is 0 Å². The molecule has 2 aliphatic heterocycles. The van der Waals surface area contributed by atoms with Crippen LogP contribution in [0.1, 0.15) is 46.8 Å². The summed E-state index contributed by atoms with van der Waals surface area (Å²) < 4.78 is 6.98. The van der Waals surface area contributed by atoms with Crippen molar-refractivity contribution in [2.45, 2.75) is 33.2 Å². The number of carbonyl (C=O) groups excluding carboxylic acids is 1. The van der Waals surface area contributed by atoms with E-state index in [0.29, 0.717) is 35.1 Å². The van der Waals surface area contributed by atoms with Crippen molar-refractivity contribution in [3.63, 3.8) is 0 Å². The third kappa shape index (κ3) is 3.74. The molecule has 0 aliphatic carbocycles. The molecule has 0 bridgehead atoms. The van der Waals surface area contributed by atoms with Gasteiger partial charge in [-0.05, 0) is 67.6 Å². The van der Waals surface area contributed by atoms with Gasteiger partial charge in [-0.2, -0.15) is 0 Å². The number of piperidine rings is 1. The number of ketones is 1. The second kappa shape index (κ2) is 7.72. The minimum atomic E-state index is -0.124. The second-order valence-corrected chi connectivity index (χ2v) is 8.79. The van der Waals surface area contributed by atoms with Gasteiger partial charge in [-0.25, -0.2) is 0 Å². The quantitative estimate of drug-likeness (QED) is 0.655. The normalized spacial score (nSPS) is 21.0. The van der Waals surface area contributed by atoms with Gasteiger partial charge in [0.1, 0.15) is 11.5 Å². The first kappa shape index (κ1) is 19.2. The Kier molecular flexibility index (Phi) is 5.30. The fourth-order valence-electron chi connectivity index (χ4n) is 4.13. The summed E-state index contributed by atoms with van der Waals surface area (Å²) in [5.74, 6) is 1.53. The van der Waals surface area contributed by atoms with Gasteiger partial charge in [0.15, 0.2) is 5.76 Å². The van der Waals surface area contributed by atoms with E-state index in [2.05, 4.69) is 27.8 Å². The number of rotatable bonds is 3. The Balaban J connectivity index is 1.69. The van der Waals surface area contributed by atoms with E-state index in [1.54, 1.807) is 12.1 Å². The number of ether oxygens (including phenoxy) is 1. The smallest absolute Gasteiger partial charge is 0.232 e. The molecule has 146 valence electrons. The average Bonchev–Trinajstić information content (AvgIpc) is 2.95. The molecule has 1 unspecified atom stereocenters. The summed E-state index contributed by atoms with van der Waals surface area (Å²) in [6.45, 7) is 6.69. The number of phenolic OH excluding ortho intramolecular Hbond substituents is 1. The number of hydrogen-bond donors (Lipinski definition) is 1. The summed E-state index contributed by atoms with van der Waals surface area (Å²) in [6, 6.07) is 9.41. The molecule has 4 nitrogen and oxygen atoms in total. The Morgan fingerprint density at radius 2 is 2.18 bits per heavy atom. The highest BCUT2D eigenvalue weighted by Crippen LogP contribution is 2.42. The maximum absolute atomic E-state index is 13.0. The second-order valence-electron chi connectivity index (χ2n) is 7.87. The van der Waals surface area contributed by atoms with Gasteiger partial charge >= 0.3 is 0 Å². The highest BCUT2D eigenvalue weighted by molar-refractivity contribution is 9.10. The van der Waals surface area contributed by atoms with E-state index in [1.165, 1.54) is 6.42 Å². The topological polar surface area (TPSA) is 49.8 Å². The summed E-state index contributed by atoms with van der Waals surface area (Å²) >= 11 is 3.45. The van der Waals surface area contributed by atoms with Crippen molar-refractivity contribution in [2.24, 2.45) is 5.92 Å². The number of phenols is 1. The summed E-state index contributed by atoms with van der Waals surface area (Å²) in [5, 5.41) is 10.6. The van der Waals surface area contributed by atoms with Crippen LogP contribution in [0.25, 0.3) is 6.08 Å². The zero-order chi connectivity index (χ0) is 19.8. The lowest BCUT2D eigenvalue weighted by molar-refractivity contribution is 0.101. The minimum Gasteiger partial charge on any atom is -0.507 e. The van der Waals surface area contributed by atoms with Crippen LogP contribution in [0, 0.1) is 12.8 Å². The molecule has 0 radical (unpaired) electrons. The SMILES string of the molecule is Cc1cc(O)c(CN2CCCC(C)C2)c2c1C(=O)/C(=C\c1cccc(Br)c1)O2. The number of halogens is 1. The van der Waals surface area contributed by atoms with E-state index < -0.39 is 0 Å². The molecule has 1 saturated heterocycles. The molecule has 0 spiro atoms. The molecule has 0 amide bonds. The summed E-state index contributed by atoms with van der Waals surface area (Å²) in [6.07, 6.45) is 4.16. The largest absolute Gasteiger partial charge is 0.507 e. The first-order chi connectivity index (χ1) is 13.4. The number of carbonyl (C=O) groups is 1. The molecule has 1 fully saturated rings. The predicted molar refractivity (Wildman–Crippen MR) is 114 cm³/mol. The molecule has 0 saturated carbocycles. The first-order valence-corrected chi connectivity index (χ1v) is 10.5. The lowest BCUT2D eigenvalue weighted by Gasteiger charge is -2.31. The minimum absolute atomic E-state index is 0.124. The highest BCUT2D eigenvalue weighted by atomic mass is 79.9. The van der Waals surface area contributed by atoms with Crippen LogP contribution in [0.5, 0.6) is 11.5 Å². The third-order valence-corrected chi connectivity index (χ3v) is 5.98. The van der Waals surface area contributed by atoms with Crippen molar-refractivity contribution >= 4 is 27.8 Å². The van der Waals surface area contributed by atoms with Crippen LogP contribution in [0.3, 0.4) is 0 Å². The number of hydrogen-bond acceptors (Lipinski definition) is 4. The van der Waals surface area contributed by atoms with Crippen molar-refractivity contribution in [1.29, 1.82) is 0 Å². The molecule has 28 heavy (non-hydrogen) atoms. The van der Waals surface area contributed by atoms with Gasteiger partial charge in [0, 0.05) is 17.6 Å². The van der Waals surface area contributed by atoms with Crippen LogP contribution >= 0.6 is 15.9 Å². The van der Waals surface area contributed by atoms with Gasteiger partial charge in [-0.15, -0.1) is 0 Å². The first-order valence-electron chi connectivity index (χ1n) is 9.70. The maximum Gasteiger partial charge on any atom is 0.232 e. The van der Waals surface area contributed by atoms with Gasteiger partial charge in [0.25, 0.3) is 0 Å². The molecular formula is C23H24BrNO3. The van der Waals surface area contributed by atoms with Gasteiger partial charge in [-0.1, -0.05) is 35.0 Å². The van der Waals surface area contributed by atoms with Crippen LogP contribution < -0.4 is 4.74 Å². The lowest BCUT2D eigenvalue weighted by Crippen LogP contribution is -2.33. The van der Waals surface area contributed by atoms with Gasteiger partial charge in [0.2, 0.25) is 5.78 Å². The van der Waals surface area contributed by atoms with Crippen LogP contribution in [0.15, 0.2) is 40.6 Å². The molecule has 0 aromatic heterocycles. The zero-order valence-electron chi connectivity index (χ0n) is 16.2.